The van der Waals surface area contributed by atoms with E-state index in [1.54, 1.807) is 18.9 Å². The first-order chi connectivity index (χ1) is 13.7. The molecule has 140 valence electrons. The molecule has 0 saturated carbocycles. The predicted molar refractivity (Wildman–Crippen MR) is 116 cm³/mol. The average Bonchev–Trinajstić information content (AvgIpc) is 3.18. The van der Waals surface area contributed by atoms with Gasteiger partial charge in [0.1, 0.15) is 5.75 Å². The summed E-state index contributed by atoms with van der Waals surface area (Å²) in [7, 11) is 1.67. The SMILES string of the molecule is COc1ccc(C2CC(C(=O)c3ccccc3)=C(Nc3ccccc3)S2)cc1. The number of allylic oxidation sites excluding steroid dienone is 1. The van der Waals surface area contributed by atoms with Gasteiger partial charge in [-0.25, -0.2) is 0 Å². The lowest BCUT2D eigenvalue weighted by Gasteiger charge is -2.12. The standard InChI is InChI=1S/C24H21NO2S/c1-27-20-14-12-17(13-15-20)22-16-21(23(26)18-8-4-2-5-9-18)24(28-22)25-19-10-6-3-7-11-19/h2-15,22,25H,16H2,1H3. The third kappa shape index (κ3) is 3.97. The lowest BCUT2D eigenvalue weighted by atomic mass is 9.97. The molecule has 1 heterocycles. The van der Waals surface area contributed by atoms with E-state index >= 15 is 0 Å². The van der Waals surface area contributed by atoms with Crippen LogP contribution >= 0.6 is 11.8 Å². The summed E-state index contributed by atoms with van der Waals surface area (Å²) in [6.45, 7) is 0. The molecule has 0 aromatic heterocycles. The van der Waals surface area contributed by atoms with Crippen LogP contribution in [0.25, 0.3) is 0 Å². The number of benzene rings is 3. The van der Waals surface area contributed by atoms with Gasteiger partial charge in [0, 0.05) is 22.1 Å². The van der Waals surface area contributed by atoms with E-state index in [0.29, 0.717) is 6.42 Å². The molecular formula is C24H21NO2S. The van der Waals surface area contributed by atoms with Gasteiger partial charge in [0.2, 0.25) is 0 Å². The largest absolute Gasteiger partial charge is 0.497 e. The quantitative estimate of drug-likeness (QED) is 0.520. The second-order valence-corrected chi connectivity index (χ2v) is 7.79. The van der Waals surface area contributed by atoms with Crippen molar-refractivity contribution in [3.05, 3.63) is 107 Å². The molecule has 3 nitrogen and oxygen atoms in total. The minimum Gasteiger partial charge on any atom is -0.497 e. The fourth-order valence-corrected chi connectivity index (χ4v) is 4.58. The Labute approximate surface area is 169 Å². The van der Waals surface area contributed by atoms with Gasteiger partial charge in [0.05, 0.1) is 12.1 Å². The number of thioether (sulfide) groups is 1. The van der Waals surface area contributed by atoms with Crippen LogP contribution in [0.1, 0.15) is 27.6 Å². The van der Waals surface area contributed by atoms with Crippen LogP contribution in [0, 0.1) is 0 Å². The highest BCUT2D eigenvalue weighted by atomic mass is 32.2. The molecule has 1 aliphatic heterocycles. The van der Waals surface area contributed by atoms with Crippen LogP contribution in [0.2, 0.25) is 0 Å². The third-order valence-electron chi connectivity index (χ3n) is 4.75. The predicted octanol–water partition coefficient (Wildman–Crippen LogP) is 6.08. The number of hydrogen-bond acceptors (Lipinski definition) is 4. The third-order valence-corrected chi connectivity index (χ3v) is 6.06. The molecule has 3 aromatic carbocycles. The highest BCUT2D eigenvalue weighted by molar-refractivity contribution is 8.03. The summed E-state index contributed by atoms with van der Waals surface area (Å²) in [6, 6.07) is 27.6. The van der Waals surface area contributed by atoms with Crippen LogP contribution in [0.3, 0.4) is 0 Å². The molecule has 0 aliphatic carbocycles. The Hall–Kier alpha value is -2.98. The first-order valence-electron chi connectivity index (χ1n) is 9.20. The van der Waals surface area contributed by atoms with Gasteiger partial charge >= 0.3 is 0 Å². The molecule has 1 N–H and O–H groups in total. The van der Waals surface area contributed by atoms with E-state index < -0.39 is 0 Å². The number of methoxy groups -OCH3 is 1. The molecule has 1 aliphatic rings. The Morgan fingerprint density at radius 3 is 2.21 bits per heavy atom. The lowest BCUT2D eigenvalue weighted by Crippen LogP contribution is -2.07. The van der Waals surface area contributed by atoms with Gasteiger partial charge in [-0.1, -0.05) is 72.4 Å². The van der Waals surface area contributed by atoms with Crippen molar-refractivity contribution in [1.82, 2.24) is 0 Å². The number of anilines is 1. The Morgan fingerprint density at radius 2 is 1.57 bits per heavy atom. The van der Waals surface area contributed by atoms with E-state index in [2.05, 4.69) is 17.4 Å². The molecule has 4 rings (SSSR count). The first-order valence-corrected chi connectivity index (χ1v) is 10.1. The highest BCUT2D eigenvalue weighted by Gasteiger charge is 2.31. The van der Waals surface area contributed by atoms with Crippen LogP contribution in [-0.4, -0.2) is 12.9 Å². The Bertz CT molecular complexity index is 982. The van der Waals surface area contributed by atoms with Gasteiger partial charge in [-0.05, 0) is 36.2 Å². The number of ether oxygens (including phenoxy) is 1. The molecular weight excluding hydrogens is 366 g/mol. The highest BCUT2D eigenvalue weighted by Crippen LogP contribution is 2.48. The van der Waals surface area contributed by atoms with Crippen molar-refractivity contribution in [1.29, 1.82) is 0 Å². The van der Waals surface area contributed by atoms with E-state index in [1.807, 2.05) is 72.8 Å². The zero-order valence-electron chi connectivity index (χ0n) is 15.6. The van der Waals surface area contributed by atoms with Gasteiger partial charge in [-0.15, -0.1) is 0 Å². The number of Topliss-reactive ketones (excluding diaryl/α,β-unsaturated/α-hetero) is 1. The smallest absolute Gasteiger partial charge is 0.191 e. The number of carbonyl (C=O) groups excluding carboxylic acids is 1. The van der Waals surface area contributed by atoms with Crippen LogP contribution in [0.4, 0.5) is 5.69 Å². The lowest BCUT2D eigenvalue weighted by molar-refractivity contribution is 0.103. The second kappa shape index (κ2) is 8.36. The van der Waals surface area contributed by atoms with Gasteiger partial charge in [0.25, 0.3) is 0 Å². The fraction of sp³-hybridized carbons (Fsp3) is 0.125. The topological polar surface area (TPSA) is 38.3 Å². The van der Waals surface area contributed by atoms with Gasteiger partial charge in [-0.2, -0.15) is 0 Å². The van der Waals surface area contributed by atoms with Crippen molar-refractivity contribution in [2.75, 3.05) is 12.4 Å². The monoisotopic (exact) mass is 387 g/mol. The molecule has 4 heteroatoms. The van der Waals surface area contributed by atoms with Crippen LogP contribution < -0.4 is 10.1 Å². The number of para-hydroxylation sites is 1. The van der Waals surface area contributed by atoms with Crippen LogP contribution in [0.15, 0.2) is 95.5 Å². The van der Waals surface area contributed by atoms with Crippen molar-refractivity contribution in [3.8, 4) is 5.75 Å². The van der Waals surface area contributed by atoms with E-state index in [9.17, 15) is 4.79 Å². The normalized spacial score (nSPS) is 16.1. The summed E-state index contributed by atoms with van der Waals surface area (Å²) >= 11 is 1.71. The van der Waals surface area contributed by atoms with Gasteiger partial charge < -0.3 is 10.1 Å². The number of hydrogen-bond donors (Lipinski definition) is 1. The maximum atomic E-state index is 13.2. The summed E-state index contributed by atoms with van der Waals surface area (Å²) in [5.74, 6) is 0.922. The van der Waals surface area contributed by atoms with Gasteiger partial charge in [-0.3, -0.25) is 4.79 Å². The van der Waals surface area contributed by atoms with Crippen molar-refractivity contribution < 1.29 is 9.53 Å². The van der Waals surface area contributed by atoms with E-state index in [-0.39, 0.29) is 11.0 Å². The van der Waals surface area contributed by atoms with Crippen molar-refractivity contribution in [2.24, 2.45) is 0 Å². The average molecular weight is 388 g/mol. The molecule has 0 radical (unpaired) electrons. The van der Waals surface area contributed by atoms with Crippen molar-refractivity contribution in [3.63, 3.8) is 0 Å². The molecule has 0 fully saturated rings. The van der Waals surface area contributed by atoms with E-state index in [4.69, 9.17) is 4.74 Å². The molecule has 0 spiro atoms. The number of ketones is 1. The minimum absolute atomic E-state index is 0.0857. The zero-order chi connectivity index (χ0) is 19.3. The Morgan fingerprint density at radius 1 is 0.929 bits per heavy atom. The fourth-order valence-electron chi connectivity index (χ4n) is 3.25. The number of nitrogens with one attached hydrogen (secondary N) is 1. The van der Waals surface area contributed by atoms with Crippen molar-refractivity contribution >= 4 is 23.2 Å². The second-order valence-electron chi connectivity index (χ2n) is 6.58. The maximum Gasteiger partial charge on any atom is 0.191 e. The maximum absolute atomic E-state index is 13.2. The Kier molecular flexibility index (Phi) is 5.49. The summed E-state index contributed by atoms with van der Waals surface area (Å²) in [5.41, 5.74) is 3.73. The molecule has 0 amide bonds. The molecule has 0 saturated heterocycles. The minimum atomic E-state index is 0.0857. The Balaban J connectivity index is 1.64. The molecule has 1 unspecified atom stereocenters. The molecule has 0 bridgehead atoms. The van der Waals surface area contributed by atoms with Gasteiger partial charge in [0.15, 0.2) is 5.78 Å². The molecule has 1 atom stereocenters. The zero-order valence-corrected chi connectivity index (χ0v) is 16.4. The van der Waals surface area contributed by atoms with E-state index in [1.165, 1.54) is 5.56 Å². The summed E-state index contributed by atoms with van der Waals surface area (Å²) in [6.07, 6.45) is 0.694. The molecule has 28 heavy (non-hydrogen) atoms. The first kappa shape index (κ1) is 18.4. The molecule has 3 aromatic rings. The summed E-state index contributed by atoms with van der Waals surface area (Å²) < 4.78 is 5.27. The van der Waals surface area contributed by atoms with E-state index in [0.717, 1.165) is 27.6 Å². The summed E-state index contributed by atoms with van der Waals surface area (Å²) in [4.78, 5) is 13.2. The van der Waals surface area contributed by atoms with Crippen molar-refractivity contribution in [2.45, 2.75) is 11.7 Å². The number of rotatable bonds is 6. The number of carbonyl (C=O) groups is 1. The van der Waals surface area contributed by atoms with Crippen LogP contribution in [-0.2, 0) is 0 Å². The van der Waals surface area contributed by atoms with Crippen LogP contribution in [0.5, 0.6) is 5.75 Å². The summed E-state index contributed by atoms with van der Waals surface area (Å²) in [5, 5.41) is 4.59.